The lowest BCUT2D eigenvalue weighted by Crippen LogP contribution is -2.58. The molecule has 9 heteroatoms. The van der Waals surface area contributed by atoms with Gasteiger partial charge in [0.15, 0.2) is 5.69 Å². The molecule has 7 rings (SSSR count). The van der Waals surface area contributed by atoms with E-state index in [4.69, 9.17) is 5.10 Å². The predicted molar refractivity (Wildman–Crippen MR) is 145 cm³/mol. The minimum Gasteiger partial charge on any atom is -0.393 e. The highest BCUT2D eigenvalue weighted by atomic mass is 19.1. The van der Waals surface area contributed by atoms with Crippen molar-refractivity contribution < 1.29 is 19.1 Å². The second kappa shape index (κ2) is 8.78. The van der Waals surface area contributed by atoms with Crippen LogP contribution in [0.2, 0.25) is 0 Å². The minimum atomic E-state index is -1.60. The van der Waals surface area contributed by atoms with Crippen LogP contribution in [-0.4, -0.2) is 87.0 Å². The molecule has 1 aromatic heterocycles. The molecule has 2 aromatic rings. The molecule has 39 heavy (non-hydrogen) atoms. The van der Waals surface area contributed by atoms with Gasteiger partial charge in [0.25, 0.3) is 5.91 Å². The van der Waals surface area contributed by atoms with Crippen LogP contribution in [0.3, 0.4) is 0 Å². The van der Waals surface area contributed by atoms with Crippen molar-refractivity contribution in [2.24, 2.45) is 5.92 Å². The molecule has 4 fully saturated rings. The van der Waals surface area contributed by atoms with Gasteiger partial charge in [-0.2, -0.15) is 5.10 Å². The van der Waals surface area contributed by atoms with Crippen molar-refractivity contribution in [2.45, 2.75) is 76.0 Å². The fourth-order valence-corrected chi connectivity index (χ4v) is 7.33. The van der Waals surface area contributed by atoms with Crippen LogP contribution in [0.15, 0.2) is 18.2 Å². The SMILES string of the molecule is Cc1cccc(N2CCN(C(=O)Cn3nc(C(=O)N4CCC(F)(CO)CC4)c4c3C[C@H]3C[C@@H]43)C3(CC3)C2)c1C. The van der Waals surface area contributed by atoms with Gasteiger partial charge in [-0.15, -0.1) is 0 Å². The normalized spacial score (nSPS) is 26.0. The van der Waals surface area contributed by atoms with Crippen molar-refractivity contribution in [1.82, 2.24) is 19.6 Å². The first-order valence-corrected chi connectivity index (χ1v) is 14.5. The maximum atomic E-state index is 14.5. The van der Waals surface area contributed by atoms with Gasteiger partial charge >= 0.3 is 0 Å². The molecule has 1 aromatic carbocycles. The van der Waals surface area contributed by atoms with Gasteiger partial charge in [0, 0.05) is 62.5 Å². The number of aryl methyl sites for hydroxylation is 1. The highest BCUT2D eigenvalue weighted by Gasteiger charge is 2.54. The fraction of sp³-hybridized carbons (Fsp3) is 0.633. The van der Waals surface area contributed by atoms with Crippen molar-refractivity contribution in [3.8, 4) is 0 Å². The summed E-state index contributed by atoms with van der Waals surface area (Å²) >= 11 is 0. The van der Waals surface area contributed by atoms with Crippen LogP contribution >= 0.6 is 0 Å². The number of piperazine rings is 1. The quantitative estimate of drug-likeness (QED) is 0.637. The Balaban J connectivity index is 1.08. The van der Waals surface area contributed by atoms with Gasteiger partial charge in [0.1, 0.15) is 12.2 Å². The number of amides is 2. The van der Waals surface area contributed by atoms with Crippen molar-refractivity contribution in [2.75, 3.05) is 44.2 Å². The number of alkyl halides is 1. The van der Waals surface area contributed by atoms with Crippen molar-refractivity contribution in [3.05, 3.63) is 46.3 Å². The topological polar surface area (TPSA) is 81.9 Å². The van der Waals surface area contributed by atoms with Gasteiger partial charge in [-0.25, -0.2) is 4.39 Å². The Morgan fingerprint density at radius 2 is 1.87 bits per heavy atom. The lowest BCUT2D eigenvalue weighted by molar-refractivity contribution is -0.135. The molecule has 2 saturated carbocycles. The first-order valence-electron chi connectivity index (χ1n) is 14.5. The zero-order valence-electron chi connectivity index (χ0n) is 23.0. The van der Waals surface area contributed by atoms with Crippen LogP contribution in [0.1, 0.15) is 70.9 Å². The molecule has 208 valence electrons. The number of aliphatic hydroxyl groups is 1. The largest absolute Gasteiger partial charge is 0.393 e. The number of hydrogen-bond donors (Lipinski definition) is 1. The molecule has 0 radical (unpaired) electrons. The summed E-state index contributed by atoms with van der Waals surface area (Å²) in [5.41, 5.74) is 4.67. The number of nitrogens with zero attached hydrogens (tertiary/aromatic N) is 5. The Labute approximate surface area is 228 Å². The van der Waals surface area contributed by atoms with E-state index in [1.54, 1.807) is 9.58 Å². The summed E-state index contributed by atoms with van der Waals surface area (Å²) in [6, 6.07) is 6.44. The molecule has 1 N–H and O–H groups in total. The molecule has 2 amide bonds. The second-order valence-electron chi connectivity index (χ2n) is 12.7. The Hall–Kier alpha value is -2.94. The lowest BCUT2D eigenvalue weighted by atomic mass is 9.94. The maximum Gasteiger partial charge on any atom is 0.274 e. The molecule has 2 aliphatic heterocycles. The van der Waals surface area contributed by atoms with Gasteiger partial charge in [-0.1, -0.05) is 12.1 Å². The zero-order chi connectivity index (χ0) is 27.1. The number of hydrogen-bond acceptors (Lipinski definition) is 5. The molecule has 1 spiro atoms. The van der Waals surface area contributed by atoms with E-state index >= 15 is 0 Å². The highest BCUT2D eigenvalue weighted by Crippen LogP contribution is 2.57. The number of fused-ring (bicyclic) bond motifs is 3. The number of anilines is 1. The van der Waals surface area contributed by atoms with Gasteiger partial charge in [-0.3, -0.25) is 14.3 Å². The van der Waals surface area contributed by atoms with E-state index in [2.05, 4.69) is 41.8 Å². The number of carbonyl (C=O) groups excluding carboxylic acids is 2. The average Bonchev–Trinajstić information content (AvgIpc) is 3.81. The lowest BCUT2D eigenvalue weighted by Gasteiger charge is -2.44. The number of halogens is 1. The van der Waals surface area contributed by atoms with Crippen molar-refractivity contribution >= 4 is 17.5 Å². The van der Waals surface area contributed by atoms with E-state index in [0.717, 1.165) is 50.0 Å². The monoisotopic (exact) mass is 535 g/mol. The number of aromatic nitrogens is 2. The van der Waals surface area contributed by atoms with Crippen LogP contribution in [0.5, 0.6) is 0 Å². The summed E-state index contributed by atoms with van der Waals surface area (Å²) in [7, 11) is 0. The van der Waals surface area contributed by atoms with Crippen LogP contribution in [0.25, 0.3) is 0 Å². The number of rotatable bonds is 5. The molecule has 3 heterocycles. The van der Waals surface area contributed by atoms with Gasteiger partial charge < -0.3 is 19.8 Å². The van der Waals surface area contributed by atoms with Crippen LogP contribution in [0, 0.1) is 19.8 Å². The third-order valence-corrected chi connectivity index (χ3v) is 10.3. The highest BCUT2D eigenvalue weighted by molar-refractivity contribution is 5.95. The number of piperidine rings is 1. The van der Waals surface area contributed by atoms with Gasteiger partial charge in [0.05, 0.1) is 12.1 Å². The Morgan fingerprint density at radius 1 is 1.10 bits per heavy atom. The van der Waals surface area contributed by atoms with E-state index < -0.39 is 12.3 Å². The number of benzene rings is 1. The third-order valence-electron chi connectivity index (χ3n) is 10.3. The average molecular weight is 536 g/mol. The Bertz CT molecular complexity index is 1340. The minimum absolute atomic E-state index is 0.0844. The smallest absolute Gasteiger partial charge is 0.274 e. The van der Waals surface area contributed by atoms with Crippen molar-refractivity contribution in [3.63, 3.8) is 0 Å². The summed E-state index contributed by atoms with van der Waals surface area (Å²) in [5, 5.41) is 14.1. The molecular formula is C30H38FN5O3. The summed E-state index contributed by atoms with van der Waals surface area (Å²) < 4.78 is 16.3. The zero-order valence-corrected chi connectivity index (χ0v) is 23.0. The first-order chi connectivity index (χ1) is 18.7. The Morgan fingerprint density at radius 3 is 2.59 bits per heavy atom. The van der Waals surface area contributed by atoms with E-state index in [1.807, 2.05) is 0 Å². The van der Waals surface area contributed by atoms with Crippen molar-refractivity contribution in [1.29, 1.82) is 0 Å². The summed E-state index contributed by atoms with van der Waals surface area (Å²) in [6.45, 7) is 6.88. The van der Waals surface area contributed by atoms with E-state index in [9.17, 15) is 19.1 Å². The number of likely N-dealkylation sites (tertiary alicyclic amines) is 1. The van der Waals surface area contributed by atoms with Crippen LogP contribution in [-0.2, 0) is 17.8 Å². The van der Waals surface area contributed by atoms with E-state index in [0.29, 0.717) is 24.1 Å². The molecule has 2 atom stereocenters. The van der Waals surface area contributed by atoms with E-state index in [-0.39, 0.29) is 49.8 Å². The summed E-state index contributed by atoms with van der Waals surface area (Å²) in [4.78, 5) is 33.5. The molecule has 0 bridgehead atoms. The predicted octanol–water partition coefficient (Wildman–Crippen LogP) is 2.98. The summed E-state index contributed by atoms with van der Waals surface area (Å²) in [5.74, 6) is 0.837. The standard InChI is InChI=1S/C30H38FN5O3/c1-19-4-3-5-23(20(19)2)34-12-13-35(30(17-34)6-7-30)25(38)16-36-24-15-21-14-22(21)26(24)27(32-36)28(39)33-10-8-29(31,18-37)9-11-33/h3-5,21-22,37H,6-18H2,1-2H3/t21-,22-/m1/s1. The molecule has 3 aliphatic carbocycles. The second-order valence-corrected chi connectivity index (χ2v) is 12.7. The molecule has 5 aliphatic rings. The maximum absolute atomic E-state index is 14.5. The van der Waals surface area contributed by atoms with Crippen LogP contribution < -0.4 is 4.90 Å². The third kappa shape index (κ3) is 4.07. The number of aliphatic hydroxyl groups excluding tert-OH is 1. The molecule has 0 unspecified atom stereocenters. The van der Waals surface area contributed by atoms with Gasteiger partial charge in [0.2, 0.25) is 5.91 Å². The fourth-order valence-electron chi connectivity index (χ4n) is 7.33. The number of carbonyl (C=O) groups is 2. The first kappa shape index (κ1) is 25.1. The van der Waals surface area contributed by atoms with E-state index in [1.165, 1.54) is 16.8 Å². The molecule has 2 saturated heterocycles. The van der Waals surface area contributed by atoms with Crippen LogP contribution in [0.4, 0.5) is 10.1 Å². The molecular weight excluding hydrogens is 497 g/mol. The Kier molecular flexibility index (Phi) is 5.64. The van der Waals surface area contributed by atoms with Gasteiger partial charge in [-0.05, 0) is 68.6 Å². The molecule has 8 nitrogen and oxygen atoms in total. The summed E-state index contributed by atoms with van der Waals surface area (Å²) in [6.07, 6.45) is 4.26.